The Morgan fingerprint density at radius 1 is 1.47 bits per heavy atom. The van der Waals surface area contributed by atoms with Gasteiger partial charge in [-0.2, -0.15) is 5.10 Å². The zero-order valence-electron chi connectivity index (χ0n) is 11.7. The fraction of sp³-hybridized carbons (Fsp3) is 0.714. The number of aromatic nitrogens is 2. The molecule has 0 aliphatic heterocycles. The summed E-state index contributed by atoms with van der Waals surface area (Å²) in [6.07, 6.45) is 5.75. The van der Waals surface area contributed by atoms with E-state index in [1.807, 2.05) is 14.0 Å². The molecule has 1 heterocycles. The molecule has 0 bridgehead atoms. The zero-order chi connectivity index (χ0) is 14.0. The maximum absolute atomic E-state index is 12.2. The number of ketones is 1. The van der Waals surface area contributed by atoms with Gasteiger partial charge in [0.1, 0.15) is 5.78 Å². The minimum atomic E-state index is -0.282. The number of aryl methyl sites for hydroxylation is 2. The molecule has 2 rings (SSSR count). The van der Waals surface area contributed by atoms with Gasteiger partial charge in [0.25, 0.3) is 0 Å². The molecule has 1 aliphatic rings. The molecule has 0 saturated heterocycles. The third kappa shape index (κ3) is 3.18. The van der Waals surface area contributed by atoms with Crippen LogP contribution in [0.15, 0.2) is 0 Å². The fourth-order valence-corrected chi connectivity index (χ4v) is 3.27. The molecule has 0 spiro atoms. The molecule has 1 saturated carbocycles. The first kappa shape index (κ1) is 14.5. The van der Waals surface area contributed by atoms with Gasteiger partial charge in [-0.25, -0.2) is 0 Å². The molecule has 4 nitrogen and oxygen atoms in total. The van der Waals surface area contributed by atoms with Gasteiger partial charge in [-0.05, 0) is 19.3 Å². The summed E-state index contributed by atoms with van der Waals surface area (Å²) in [5, 5.41) is 4.97. The third-order valence-electron chi connectivity index (χ3n) is 4.02. The smallest absolute Gasteiger partial charge is 0.140 e. The Kier molecular flexibility index (Phi) is 4.31. The van der Waals surface area contributed by atoms with Crippen molar-refractivity contribution in [3.05, 3.63) is 16.4 Å². The van der Waals surface area contributed by atoms with E-state index in [2.05, 4.69) is 5.10 Å². The van der Waals surface area contributed by atoms with Crippen LogP contribution in [0, 0.1) is 0 Å². The Hall–Kier alpha value is -0.870. The van der Waals surface area contributed by atoms with Crippen molar-refractivity contribution in [1.29, 1.82) is 0 Å². The summed E-state index contributed by atoms with van der Waals surface area (Å²) in [4.78, 5) is 12.2. The number of rotatable bonds is 5. The molecule has 106 valence electrons. The fourth-order valence-electron chi connectivity index (χ4n) is 2.91. The standard InChI is InChI=1S/C14H22ClN3O/c1-3-11-13(15)12(18(2)17-11)8-10(19)9-14(16)6-4-5-7-14/h3-9,16H2,1-2H3. The van der Waals surface area contributed by atoms with Crippen molar-refractivity contribution in [3.8, 4) is 0 Å². The summed E-state index contributed by atoms with van der Waals surface area (Å²) in [5.41, 5.74) is 7.63. The number of nitrogens with two attached hydrogens (primary N) is 1. The zero-order valence-corrected chi connectivity index (χ0v) is 12.5. The minimum absolute atomic E-state index is 0.164. The highest BCUT2D eigenvalue weighted by atomic mass is 35.5. The molecule has 0 atom stereocenters. The van der Waals surface area contributed by atoms with Crippen LogP contribution in [-0.2, 0) is 24.7 Å². The topological polar surface area (TPSA) is 60.9 Å². The molecular formula is C14H22ClN3O. The van der Waals surface area contributed by atoms with E-state index in [1.54, 1.807) is 4.68 Å². The lowest BCUT2D eigenvalue weighted by atomic mass is 9.91. The predicted molar refractivity (Wildman–Crippen MR) is 76.3 cm³/mol. The molecule has 0 unspecified atom stereocenters. The normalized spacial score (nSPS) is 17.9. The van der Waals surface area contributed by atoms with Gasteiger partial charge in [-0.15, -0.1) is 0 Å². The third-order valence-corrected chi connectivity index (χ3v) is 4.45. The monoisotopic (exact) mass is 283 g/mol. The van der Waals surface area contributed by atoms with Crippen molar-refractivity contribution < 1.29 is 4.79 Å². The van der Waals surface area contributed by atoms with Gasteiger partial charge < -0.3 is 5.73 Å². The first-order valence-electron chi connectivity index (χ1n) is 6.96. The second-order valence-corrected chi connectivity index (χ2v) is 6.02. The quantitative estimate of drug-likeness (QED) is 0.903. The average Bonchev–Trinajstić information content (AvgIpc) is 2.87. The average molecular weight is 284 g/mol. The molecule has 1 aromatic rings. The van der Waals surface area contributed by atoms with Crippen molar-refractivity contribution in [2.24, 2.45) is 12.8 Å². The van der Waals surface area contributed by atoms with E-state index in [-0.39, 0.29) is 11.3 Å². The highest BCUT2D eigenvalue weighted by Crippen LogP contribution is 2.31. The van der Waals surface area contributed by atoms with Crippen molar-refractivity contribution >= 4 is 17.4 Å². The van der Waals surface area contributed by atoms with Crippen molar-refractivity contribution in [2.75, 3.05) is 0 Å². The summed E-state index contributed by atoms with van der Waals surface area (Å²) < 4.78 is 1.72. The molecule has 2 N–H and O–H groups in total. The minimum Gasteiger partial charge on any atom is -0.325 e. The lowest BCUT2D eigenvalue weighted by Gasteiger charge is -2.22. The van der Waals surface area contributed by atoms with Gasteiger partial charge in [0, 0.05) is 25.4 Å². The van der Waals surface area contributed by atoms with Crippen LogP contribution in [0.4, 0.5) is 0 Å². The van der Waals surface area contributed by atoms with Gasteiger partial charge in [0.15, 0.2) is 0 Å². The second kappa shape index (κ2) is 5.63. The van der Waals surface area contributed by atoms with Crippen LogP contribution in [-0.4, -0.2) is 21.1 Å². The molecule has 0 aromatic carbocycles. The van der Waals surface area contributed by atoms with Crippen LogP contribution in [0.2, 0.25) is 5.02 Å². The maximum atomic E-state index is 12.2. The van der Waals surface area contributed by atoms with Crippen molar-refractivity contribution in [3.63, 3.8) is 0 Å². The van der Waals surface area contributed by atoms with E-state index in [1.165, 1.54) is 0 Å². The number of carbonyl (C=O) groups is 1. The first-order valence-corrected chi connectivity index (χ1v) is 7.34. The summed E-state index contributed by atoms with van der Waals surface area (Å²) >= 11 is 6.26. The van der Waals surface area contributed by atoms with Crippen LogP contribution in [0.25, 0.3) is 0 Å². The van der Waals surface area contributed by atoms with Crippen LogP contribution in [0.1, 0.15) is 50.4 Å². The summed E-state index contributed by atoms with van der Waals surface area (Å²) in [7, 11) is 1.83. The predicted octanol–water partition coefficient (Wildman–Crippen LogP) is 2.41. The Balaban J connectivity index is 2.05. The van der Waals surface area contributed by atoms with Gasteiger partial charge >= 0.3 is 0 Å². The van der Waals surface area contributed by atoms with E-state index in [0.29, 0.717) is 17.9 Å². The Morgan fingerprint density at radius 3 is 2.63 bits per heavy atom. The molecule has 5 heteroatoms. The van der Waals surface area contributed by atoms with Gasteiger partial charge in [-0.3, -0.25) is 9.48 Å². The van der Waals surface area contributed by atoms with Crippen LogP contribution in [0.3, 0.4) is 0 Å². The lowest BCUT2D eigenvalue weighted by molar-refractivity contribution is -0.119. The summed E-state index contributed by atoms with van der Waals surface area (Å²) in [6, 6.07) is 0. The molecule has 1 aliphatic carbocycles. The van der Waals surface area contributed by atoms with E-state index in [0.717, 1.165) is 43.5 Å². The second-order valence-electron chi connectivity index (χ2n) is 5.65. The van der Waals surface area contributed by atoms with E-state index >= 15 is 0 Å². The molecular weight excluding hydrogens is 262 g/mol. The Labute approximate surface area is 119 Å². The Morgan fingerprint density at radius 2 is 2.11 bits per heavy atom. The van der Waals surface area contributed by atoms with Crippen LogP contribution < -0.4 is 5.73 Å². The van der Waals surface area contributed by atoms with Crippen LogP contribution >= 0.6 is 11.6 Å². The molecule has 1 aromatic heterocycles. The van der Waals surface area contributed by atoms with Gasteiger partial charge in [-0.1, -0.05) is 31.4 Å². The van der Waals surface area contributed by atoms with Crippen molar-refractivity contribution in [1.82, 2.24) is 9.78 Å². The summed E-state index contributed by atoms with van der Waals surface area (Å²) in [5.74, 6) is 0.164. The first-order chi connectivity index (χ1) is 8.95. The number of hydrogen-bond acceptors (Lipinski definition) is 3. The van der Waals surface area contributed by atoms with Gasteiger partial charge in [0.05, 0.1) is 16.4 Å². The highest BCUT2D eigenvalue weighted by molar-refractivity contribution is 6.32. The Bertz CT molecular complexity index is 475. The van der Waals surface area contributed by atoms with E-state index < -0.39 is 0 Å². The summed E-state index contributed by atoms with van der Waals surface area (Å²) in [6.45, 7) is 2.01. The number of nitrogens with zero attached hydrogens (tertiary/aromatic N) is 2. The van der Waals surface area contributed by atoms with Crippen LogP contribution in [0.5, 0.6) is 0 Å². The van der Waals surface area contributed by atoms with Gasteiger partial charge in [0.2, 0.25) is 0 Å². The van der Waals surface area contributed by atoms with E-state index in [9.17, 15) is 4.79 Å². The maximum Gasteiger partial charge on any atom is 0.140 e. The lowest BCUT2D eigenvalue weighted by Crippen LogP contribution is -2.39. The largest absolute Gasteiger partial charge is 0.325 e. The molecule has 19 heavy (non-hydrogen) atoms. The number of carbonyl (C=O) groups excluding carboxylic acids is 1. The number of hydrogen-bond donors (Lipinski definition) is 1. The number of Topliss-reactive ketones (excluding diaryl/α,β-unsaturated/α-hetero) is 1. The molecule has 0 amide bonds. The highest BCUT2D eigenvalue weighted by Gasteiger charge is 2.32. The SMILES string of the molecule is CCc1nn(C)c(CC(=O)CC2(N)CCCC2)c1Cl. The van der Waals surface area contributed by atoms with E-state index in [4.69, 9.17) is 17.3 Å². The van der Waals surface area contributed by atoms with Crippen molar-refractivity contribution in [2.45, 2.75) is 57.4 Å². The molecule has 0 radical (unpaired) electrons. The molecule has 1 fully saturated rings. The number of halogens is 1.